The molecule has 0 spiro atoms. The molecular formula is C11H13NO3. The van der Waals surface area contributed by atoms with Crippen molar-refractivity contribution < 1.29 is 15.0 Å². The van der Waals surface area contributed by atoms with Crippen molar-refractivity contribution in [2.45, 2.75) is 13.0 Å². The second-order valence-corrected chi connectivity index (χ2v) is 3.88. The molecular weight excluding hydrogens is 194 g/mol. The summed E-state index contributed by atoms with van der Waals surface area (Å²) in [5, 5.41) is 18.6. The van der Waals surface area contributed by atoms with E-state index in [1.165, 1.54) is 11.0 Å². The Hall–Kier alpha value is -1.55. The lowest BCUT2D eigenvalue weighted by atomic mass is 10.1. The molecule has 2 N–H and O–H groups in total. The van der Waals surface area contributed by atoms with Gasteiger partial charge in [0.15, 0.2) is 0 Å². The minimum atomic E-state index is -0.416. The van der Waals surface area contributed by atoms with Crippen LogP contribution < -0.4 is 0 Å². The molecule has 2 rings (SSSR count). The molecule has 80 valence electrons. The first-order valence-electron chi connectivity index (χ1n) is 4.85. The van der Waals surface area contributed by atoms with E-state index in [0.29, 0.717) is 18.7 Å². The molecule has 1 saturated heterocycles. The van der Waals surface area contributed by atoms with Gasteiger partial charge in [-0.25, -0.2) is 0 Å². The summed E-state index contributed by atoms with van der Waals surface area (Å²) in [6, 6.07) is 4.91. The molecule has 4 heteroatoms. The van der Waals surface area contributed by atoms with E-state index >= 15 is 0 Å². The highest BCUT2D eigenvalue weighted by Crippen LogP contribution is 2.22. The minimum Gasteiger partial charge on any atom is -0.507 e. The molecule has 1 aromatic carbocycles. The number of hydrogen-bond acceptors (Lipinski definition) is 3. The second kappa shape index (κ2) is 3.55. The van der Waals surface area contributed by atoms with Gasteiger partial charge >= 0.3 is 0 Å². The van der Waals surface area contributed by atoms with E-state index in [1.807, 2.05) is 6.92 Å². The number of rotatable bonds is 1. The van der Waals surface area contributed by atoms with Gasteiger partial charge in [0, 0.05) is 13.1 Å². The Morgan fingerprint density at radius 3 is 2.73 bits per heavy atom. The van der Waals surface area contributed by atoms with Crippen LogP contribution in [0.25, 0.3) is 0 Å². The van der Waals surface area contributed by atoms with Gasteiger partial charge in [-0.15, -0.1) is 0 Å². The molecule has 1 amide bonds. The van der Waals surface area contributed by atoms with Gasteiger partial charge in [-0.1, -0.05) is 11.6 Å². The highest BCUT2D eigenvalue weighted by molar-refractivity contribution is 5.97. The lowest BCUT2D eigenvalue weighted by molar-refractivity contribution is 0.00570. The molecule has 0 aromatic heterocycles. The first kappa shape index (κ1) is 9.98. The molecule has 0 unspecified atom stereocenters. The van der Waals surface area contributed by atoms with E-state index in [0.717, 1.165) is 5.56 Å². The van der Waals surface area contributed by atoms with E-state index in [2.05, 4.69) is 0 Å². The van der Waals surface area contributed by atoms with Crippen LogP contribution in [-0.2, 0) is 0 Å². The summed E-state index contributed by atoms with van der Waals surface area (Å²) in [6.45, 7) is 2.57. The number of carbonyl (C=O) groups excluding carboxylic acids is 1. The number of likely N-dealkylation sites (tertiary alicyclic amines) is 1. The zero-order valence-electron chi connectivity index (χ0n) is 8.47. The van der Waals surface area contributed by atoms with Crippen molar-refractivity contribution in [1.29, 1.82) is 0 Å². The van der Waals surface area contributed by atoms with Crippen LogP contribution in [0.4, 0.5) is 0 Å². The fourth-order valence-electron chi connectivity index (χ4n) is 1.61. The van der Waals surface area contributed by atoms with Gasteiger partial charge < -0.3 is 15.1 Å². The van der Waals surface area contributed by atoms with E-state index in [4.69, 9.17) is 5.11 Å². The number of amides is 1. The van der Waals surface area contributed by atoms with Crippen LogP contribution in [-0.4, -0.2) is 40.2 Å². The molecule has 0 atom stereocenters. The van der Waals surface area contributed by atoms with Gasteiger partial charge in [0.2, 0.25) is 0 Å². The zero-order valence-corrected chi connectivity index (χ0v) is 8.47. The summed E-state index contributed by atoms with van der Waals surface area (Å²) in [7, 11) is 0. The van der Waals surface area contributed by atoms with Gasteiger partial charge in [0.25, 0.3) is 5.91 Å². The fourth-order valence-corrected chi connectivity index (χ4v) is 1.61. The number of benzene rings is 1. The second-order valence-electron chi connectivity index (χ2n) is 3.88. The molecule has 1 fully saturated rings. The third-order valence-electron chi connectivity index (χ3n) is 2.53. The number of β-amino-alcohol motifs (C(OH)–C–C–N with tert-alkyl or cyclic N) is 1. The van der Waals surface area contributed by atoms with E-state index in [9.17, 15) is 9.90 Å². The molecule has 1 heterocycles. The number of nitrogens with zero attached hydrogens (tertiary/aromatic N) is 1. The molecule has 1 aliphatic rings. The van der Waals surface area contributed by atoms with Crippen molar-refractivity contribution in [3.8, 4) is 5.75 Å². The molecule has 15 heavy (non-hydrogen) atoms. The average Bonchev–Trinajstić information content (AvgIpc) is 2.16. The topological polar surface area (TPSA) is 60.8 Å². The number of phenolic OH excluding ortho intramolecular Hbond substituents is 1. The van der Waals surface area contributed by atoms with Crippen LogP contribution in [0.3, 0.4) is 0 Å². The molecule has 0 bridgehead atoms. The normalized spacial score (nSPS) is 16.3. The summed E-state index contributed by atoms with van der Waals surface area (Å²) >= 11 is 0. The summed E-state index contributed by atoms with van der Waals surface area (Å²) in [4.78, 5) is 13.3. The van der Waals surface area contributed by atoms with Crippen molar-refractivity contribution >= 4 is 5.91 Å². The number of phenols is 1. The number of aryl methyl sites for hydroxylation is 1. The molecule has 0 radical (unpaired) electrons. The Kier molecular flexibility index (Phi) is 2.36. The molecule has 0 saturated carbocycles. The maximum Gasteiger partial charge on any atom is 0.257 e. The Morgan fingerprint density at radius 1 is 1.47 bits per heavy atom. The number of hydrogen-bond donors (Lipinski definition) is 2. The summed E-state index contributed by atoms with van der Waals surface area (Å²) in [5.74, 6) is -0.228. The predicted octanol–water partition coefficient (Wildman–Crippen LogP) is 0.517. The number of aliphatic hydroxyl groups excluding tert-OH is 1. The fraction of sp³-hybridized carbons (Fsp3) is 0.364. The van der Waals surface area contributed by atoms with Crippen LogP contribution in [0.15, 0.2) is 18.2 Å². The number of carbonyl (C=O) groups is 1. The average molecular weight is 207 g/mol. The Bertz CT molecular complexity index is 397. The maximum absolute atomic E-state index is 11.8. The Morgan fingerprint density at radius 2 is 2.13 bits per heavy atom. The quantitative estimate of drug-likeness (QED) is 0.705. The summed E-state index contributed by atoms with van der Waals surface area (Å²) in [5.41, 5.74) is 1.24. The van der Waals surface area contributed by atoms with Crippen LogP contribution in [0.2, 0.25) is 0 Å². The van der Waals surface area contributed by atoms with Gasteiger partial charge in [-0.3, -0.25) is 4.79 Å². The van der Waals surface area contributed by atoms with Gasteiger partial charge in [-0.2, -0.15) is 0 Å². The number of aromatic hydroxyl groups is 1. The standard InChI is InChI=1S/C11H13NO3/c1-7-2-3-10(14)9(4-7)11(15)12-5-8(13)6-12/h2-4,8,13-14H,5-6H2,1H3. The predicted molar refractivity (Wildman–Crippen MR) is 54.8 cm³/mol. The maximum atomic E-state index is 11.8. The number of aliphatic hydroxyl groups is 1. The van der Waals surface area contributed by atoms with E-state index in [1.54, 1.807) is 12.1 Å². The molecule has 4 nitrogen and oxygen atoms in total. The van der Waals surface area contributed by atoms with Gasteiger partial charge in [0.05, 0.1) is 11.7 Å². The van der Waals surface area contributed by atoms with Crippen LogP contribution in [0.5, 0.6) is 5.75 Å². The SMILES string of the molecule is Cc1ccc(O)c(C(=O)N2CC(O)C2)c1. The first-order chi connectivity index (χ1) is 7.08. The highest BCUT2D eigenvalue weighted by Gasteiger charge is 2.30. The Balaban J connectivity index is 2.22. The lowest BCUT2D eigenvalue weighted by Gasteiger charge is -2.36. The van der Waals surface area contributed by atoms with E-state index < -0.39 is 6.10 Å². The van der Waals surface area contributed by atoms with E-state index in [-0.39, 0.29) is 11.7 Å². The highest BCUT2D eigenvalue weighted by atomic mass is 16.3. The lowest BCUT2D eigenvalue weighted by Crippen LogP contribution is -2.53. The van der Waals surface area contributed by atoms with Crippen LogP contribution >= 0.6 is 0 Å². The van der Waals surface area contributed by atoms with Crippen molar-refractivity contribution in [2.24, 2.45) is 0 Å². The smallest absolute Gasteiger partial charge is 0.257 e. The van der Waals surface area contributed by atoms with Crippen molar-refractivity contribution in [2.75, 3.05) is 13.1 Å². The van der Waals surface area contributed by atoms with Crippen molar-refractivity contribution in [1.82, 2.24) is 4.90 Å². The summed E-state index contributed by atoms with van der Waals surface area (Å²) in [6.07, 6.45) is -0.416. The minimum absolute atomic E-state index is 0.00742. The third-order valence-corrected chi connectivity index (χ3v) is 2.53. The zero-order chi connectivity index (χ0) is 11.0. The van der Waals surface area contributed by atoms with Crippen LogP contribution in [0, 0.1) is 6.92 Å². The van der Waals surface area contributed by atoms with Gasteiger partial charge in [-0.05, 0) is 19.1 Å². The van der Waals surface area contributed by atoms with Crippen molar-refractivity contribution in [3.05, 3.63) is 29.3 Å². The largest absolute Gasteiger partial charge is 0.507 e. The Labute approximate surface area is 87.8 Å². The van der Waals surface area contributed by atoms with Crippen LogP contribution in [0.1, 0.15) is 15.9 Å². The molecule has 1 aromatic rings. The molecule has 1 aliphatic heterocycles. The van der Waals surface area contributed by atoms with Gasteiger partial charge in [0.1, 0.15) is 5.75 Å². The monoisotopic (exact) mass is 207 g/mol. The molecule has 0 aliphatic carbocycles. The first-order valence-corrected chi connectivity index (χ1v) is 4.85. The van der Waals surface area contributed by atoms with Crippen molar-refractivity contribution in [3.63, 3.8) is 0 Å². The summed E-state index contributed by atoms with van der Waals surface area (Å²) < 4.78 is 0. The third kappa shape index (κ3) is 1.80.